The SMILES string of the molecule is CC(=O)c1ccc(NC(=O)N2CCN(C(=O)CCCC(=O)O)C(C(=O)NC3CCCNC3=O)C2)cc1. The van der Waals surface area contributed by atoms with Gasteiger partial charge in [0.15, 0.2) is 5.78 Å². The fourth-order valence-corrected chi connectivity index (χ4v) is 4.19. The fourth-order valence-electron chi connectivity index (χ4n) is 4.19. The van der Waals surface area contributed by atoms with E-state index in [2.05, 4.69) is 16.0 Å². The second-order valence-corrected chi connectivity index (χ2v) is 8.85. The zero-order valence-corrected chi connectivity index (χ0v) is 20.1. The maximum atomic E-state index is 13.2. The number of nitrogens with zero attached hydrogens (tertiary/aromatic N) is 2. The third-order valence-electron chi connectivity index (χ3n) is 6.22. The topological polar surface area (TPSA) is 165 Å². The molecule has 36 heavy (non-hydrogen) atoms. The van der Waals surface area contributed by atoms with Gasteiger partial charge >= 0.3 is 12.0 Å². The molecule has 0 aliphatic carbocycles. The maximum absolute atomic E-state index is 13.2. The lowest BCUT2D eigenvalue weighted by Gasteiger charge is -2.41. The monoisotopic (exact) mass is 501 g/mol. The molecular formula is C24H31N5O7. The molecule has 2 atom stereocenters. The number of carbonyl (C=O) groups is 6. The van der Waals surface area contributed by atoms with Gasteiger partial charge in [-0.05, 0) is 50.5 Å². The molecule has 12 heteroatoms. The number of piperazine rings is 1. The fraction of sp³-hybridized carbons (Fsp3) is 0.500. The van der Waals surface area contributed by atoms with Crippen molar-refractivity contribution in [2.75, 3.05) is 31.5 Å². The summed E-state index contributed by atoms with van der Waals surface area (Å²) in [5.41, 5.74) is 0.976. The van der Waals surface area contributed by atoms with Gasteiger partial charge in [-0.1, -0.05) is 0 Å². The van der Waals surface area contributed by atoms with E-state index in [1.165, 1.54) is 16.7 Å². The molecule has 0 saturated carbocycles. The van der Waals surface area contributed by atoms with E-state index in [1.807, 2.05) is 0 Å². The van der Waals surface area contributed by atoms with Gasteiger partial charge in [0.1, 0.15) is 12.1 Å². The van der Waals surface area contributed by atoms with Crippen molar-refractivity contribution >= 4 is 41.2 Å². The number of aliphatic carboxylic acids is 1. The summed E-state index contributed by atoms with van der Waals surface area (Å²) in [6.07, 6.45) is 1.09. The molecule has 4 N–H and O–H groups in total. The highest BCUT2D eigenvalue weighted by atomic mass is 16.4. The third kappa shape index (κ3) is 7.03. The van der Waals surface area contributed by atoms with Crippen molar-refractivity contribution in [3.8, 4) is 0 Å². The number of ketones is 1. The van der Waals surface area contributed by atoms with Crippen molar-refractivity contribution < 1.29 is 33.9 Å². The van der Waals surface area contributed by atoms with Crippen LogP contribution in [0.5, 0.6) is 0 Å². The first-order valence-corrected chi connectivity index (χ1v) is 11.9. The zero-order chi connectivity index (χ0) is 26.2. The summed E-state index contributed by atoms with van der Waals surface area (Å²) in [7, 11) is 0. The van der Waals surface area contributed by atoms with E-state index in [0.717, 1.165) is 0 Å². The summed E-state index contributed by atoms with van der Waals surface area (Å²) in [6, 6.07) is 4.16. The molecule has 2 aliphatic heterocycles. The van der Waals surface area contributed by atoms with Gasteiger partial charge in [-0.25, -0.2) is 4.79 Å². The molecule has 1 aromatic rings. The molecule has 194 valence electrons. The molecular weight excluding hydrogens is 470 g/mol. The van der Waals surface area contributed by atoms with E-state index < -0.39 is 30.0 Å². The number of piperidine rings is 1. The molecule has 0 aromatic heterocycles. The van der Waals surface area contributed by atoms with E-state index >= 15 is 0 Å². The van der Waals surface area contributed by atoms with Crippen LogP contribution in [-0.4, -0.2) is 88.7 Å². The number of hydrogen-bond acceptors (Lipinski definition) is 6. The second-order valence-electron chi connectivity index (χ2n) is 8.85. The lowest BCUT2D eigenvalue weighted by molar-refractivity contribution is -0.144. The first-order valence-electron chi connectivity index (χ1n) is 11.9. The number of benzene rings is 1. The number of rotatable bonds is 8. The lowest BCUT2D eigenvalue weighted by atomic mass is 10.0. The molecule has 2 heterocycles. The highest BCUT2D eigenvalue weighted by molar-refractivity contribution is 5.96. The normalized spacial score (nSPS) is 19.8. The lowest BCUT2D eigenvalue weighted by Crippen LogP contribution is -2.64. The number of amides is 5. The van der Waals surface area contributed by atoms with Gasteiger partial charge in [0.05, 0.1) is 6.54 Å². The Bertz CT molecular complexity index is 1030. The Balaban J connectivity index is 1.69. The minimum absolute atomic E-state index is 0.0469. The Labute approximate surface area is 208 Å². The summed E-state index contributed by atoms with van der Waals surface area (Å²) in [5, 5.41) is 17.0. The van der Waals surface area contributed by atoms with E-state index in [-0.39, 0.29) is 56.5 Å². The smallest absolute Gasteiger partial charge is 0.321 e. The van der Waals surface area contributed by atoms with E-state index in [9.17, 15) is 28.8 Å². The van der Waals surface area contributed by atoms with Crippen LogP contribution in [0.15, 0.2) is 24.3 Å². The summed E-state index contributed by atoms with van der Waals surface area (Å²) in [4.78, 5) is 76.0. The summed E-state index contributed by atoms with van der Waals surface area (Å²) < 4.78 is 0. The van der Waals surface area contributed by atoms with Crippen LogP contribution < -0.4 is 16.0 Å². The van der Waals surface area contributed by atoms with Crippen molar-refractivity contribution in [2.24, 2.45) is 0 Å². The van der Waals surface area contributed by atoms with Gasteiger partial charge in [0, 0.05) is 43.7 Å². The molecule has 5 amide bonds. The van der Waals surface area contributed by atoms with Crippen LogP contribution in [0.2, 0.25) is 0 Å². The van der Waals surface area contributed by atoms with Crippen molar-refractivity contribution in [2.45, 2.75) is 51.1 Å². The van der Waals surface area contributed by atoms with Gasteiger partial charge < -0.3 is 30.9 Å². The number of anilines is 1. The predicted octanol–water partition coefficient (Wildman–Crippen LogP) is 0.584. The van der Waals surface area contributed by atoms with Gasteiger partial charge in [-0.2, -0.15) is 0 Å². The van der Waals surface area contributed by atoms with Gasteiger partial charge in [0.25, 0.3) is 0 Å². The highest BCUT2D eigenvalue weighted by Crippen LogP contribution is 2.17. The number of carboxylic acid groups (broad SMARTS) is 1. The van der Waals surface area contributed by atoms with E-state index in [1.54, 1.807) is 24.3 Å². The van der Waals surface area contributed by atoms with Gasteiger partial charge in [-0.3, -0.25) is 24.0 Å². The largest absolute Gasteiger partial charge is 0.481 e. The third-order valence-corrected chi connectivity index (χ3v) is 6.22. The average Bonchev–Trinajstić information content (AvgIpc) is 2.85. The van der Waals surface area contributed by atoms with Crippen LogP contribution in [-0.2, 0) is 19.2 Å². The predicted molar refractivity (Wildman–Crippen MR) is 128 cm³/mol. The summed E-state index contributed by atoms with van der Waals surface area (Å²) >= 11 is 0. The number of nitrogens with one attached hydrogen (secondary N) is 3. The molecule has 1 aromatic carbocycles. The van der Waals surface area contributed by atoms with E-state index in [4.69, 9.17) is 5.11 Å². The quantitative estimate of drug-likeness (QED) is 0.378. The molecule has 0 bridgehead atoms. The Morgan fingerprint density at radius 2 is 1.81 bits per heavy atom. The molecule has 0 radical (unpaired) electrons. The van der Waals surface area contributed by atoms with Gasteiger partial charge in [-0.15, -0.1) is 0 Å². The first kappa shape index (κ1) is 26.6. The zero-order valence-electron chi connectivity index (χ0n) is 20.1. The Morgan fingerprint density at radius 1 is 1.08 bits per heavy atom. The van der Waals surface area contributed by atoms with Crippen molar-refractivity contribution in [3.05, 3.63) is 29.8 Å². The highest BCUT2D eigenvalue weighted by Gasteiger charge is 2.38. The minimum Gasteiger partial charge on any atom is -0.481 e. The molecule has 2 fully saturated rings. The maximum Gasteiger partial charge on any atom is 0.321 e. The Hall–Kier alpha value is -3.96. The number of carbonyl (C=O) groups excluding carboxylic acids is 5. The molecule has 12 nitrogen and oxygen atoms in total. The van der Waals surface area contributed by atoms with Crippen molar-refractivity contribution in [3.63, 3.8) is 0 Å². The Morgan fingerprint density at radius 3 is 2.44 bits per heavy atom. The van der Waals surface area contributed by atoms with Crippen LogP contribution in [0.3, 0.4) is 0 Å². The van der Waals surface area contributed by atoms with Crippen LogP contribution in [0.1, 0.15) is 49.4 Å². The standard InChI is InChI=1S/C24H31N5O7/c1-15(30)16-7-9-17(10-8-16)26-24(36)28-12-13-29(20(31)5-2-6-21(32)33)19(14-28)23(35)27-18-4-3-11-25-22(18)34/h7-10,18-19H,2-6,11-14H2,1H3,(H,25,34)(H,26,36)(H,27,35)(H,32,33). The minimum atomic E-state index is -1.03. The number of carboxylic acids is 1. The molecule has 2 aliphatic rings. The first-order chi connectivity index (χ1) is 17.2. The number of hydrogen-bond donors (Lipinski definition) is 4. The Kier molecular flexibility index (Phi) is 8.98. The molecule has 2 saturated heterocycles. The second kappa shape index (κ2) is 12.1. The molecule has 0 spiro atoms. The van der Waals surface area contributed by atoms with Crippen LogP contribution >= 0.6 is 0 Å². The van der Waals surface area contributed by atoms with Crippen LogP contribution in [0.4, 0.5) is 10.5 Å². The van der Waals surface area contributed by atoms with Crippen LogP contribution in [0.25, 0.3) is 0 Å². The van der Waals surface area contributed by atoms with Gasteiger partial charge in [0.2, 0.25) is 17.7 Å². The summed E-state index contributed by atoms with van der Waals surface area (Å²) in [6.45, 7) is 2.12. The van der Waals surface area contributed by atoms with Crippen molar-refractivity contribution in [1.82, 2.24) is 20.4 Å². The summed E-state index contributed by atoms with van der Waals surface area (Å²) in [5.74, 6) is -2.35. The average molecular weight is 502 g/mol. The number of Topliss-reactive ketones (excluding diaryl/α,β-unsaturated/α-hetero) is 1. The molecule has 2 unspecified atom stereocenters. The molecule has 3 rings (SSSR count). The number of urea groups is 1. The van der Waals surface area contributed by atoms with E-state index in [0.29, 0.717) is 30.6 Å². The van der Waals surface area contributed by atoms with Crippen LogP contribution in [0, 0.1) is 0 Å². The van der Waals surface area contributed by atoms with Crippen molar-refractivity contribution in [1.29, 1.82) is 0 Å².